The highest BCUT2D eigenvalue weighted by molar-refractivity contribution is 5.86. The van der Waals surface area contributed by atoms with Gasteiger partial charge in [-0.25, -0.2) is 9.97 Å². The Balaban J connectivity index is 1.74. The molecule has 117 valence electrons. The Morgan fingerprint density at radius 1 is 1.22 bits per heavy atom. The SMILES string of the molecule is Cc1nn(C)c2cc(-c3c[c]nc(N4CCOCC4)n3)ccc12. The minimum Gasteiger partial charge on any atom is -0.378 e. The van der Waals surface area contributed by atoms with Crippen LogP contribution in [0.4, 0.5) is 5.95 Å². The molecule has 0 saturated carbocycles. The van der Waals surface area contributed by atoms with Gasteiger partial charge in [0.15, 0.2) is 0 Å². The van der Waals surface area contributed by atoms with Gasteiger partial charge >= 0.3 is 0 Å². The molecule has 0 N–H and O–H groups in total. The monoisotopic (exact) mass is 308 g/mol. The second-order valence-electron chi connectivity index (χ2n) is 5.72. The van der Waals surface area contributed by atoms with Crippen LogP contribution < -0.4 is 4.90 Å². The summed E-state index contributed by atoms with van der Waals surface area (Å²) < 4.78 is 7.29. The predicted octanol–water partition coefficient (Wildman–Crippen LogP) is 1.98. The van der Waals surface area contributed by atoms with E-state index in [0.29, 0.717) is 19.2 Å². The number of rotatable bonds is 2. The molecule has 1 fully saturated rings. The lowest BCUT2D eigenvalue weighted by atomic mass is 10.1. The van der Waals surface area contributed by atoms with Crippen LogP contribution in [0.3, 0.4) is 0 Å². The van der Waals surface area contributed by atoms with E-state index in [0.717, 1.165) is 35.6 Å². The topological polar surface area (TPSA) is 56.1 Å². The molecule has 6 nitrogen and oxygen atoms in total. The van der Waals surface area contributed by atoms with Crippen LogP contribution in [0.1, 0.15) is 5.69 Å². The average Bonchev–Trinajstić information content (AvgIpc) is 2.90. The Morgan fingerprint density at radius 2 is 2.04 bits per heavy atom. The second-order valence-corrected chi connectivity index (χ2v) is 5.72. The van der Waals surface area contributed by atoms with E-state index in [1.165, 1.54) is 5.39 Å². The summed E-state index contributed by atoms with van der Waals surface area (Å²) in [6, 6.07) is 8.13. The number of hydrogen-bond donors (Lipinski definition) is 0. The lowest BCUT2D eigenvalue weighted by molar-refractivity contribution is 0.122. The molecular weight excluding hydrogens is 290 g/mol. The van der Waals surface area contributed by atoms with E-state index < -0.39 is 0 Å². The molecule has 0 bridgehead atoms. The van der Waals surface area contributed by atoms with Crippen LogP contribution in [0, 0.1) is 13.1 Å². The Hall–Kier alpha value is -2.47. The van der Waals surface area contributed by atoms with E-state index in [1.54, 1.807) is 0 Å². The Morgan fingerprint density at radius 3 is 2.87 bits per heavy atom. The summed E-state index contributed by atoms with van der Waals surface area (Å²) >= 11 is 0. The molecular formula is C17H18N5O. The third-order valence-electron chi connectivity index (χ3n) is 4.21. The van der Waals surface area contributed by atoms with Crippen LogP contribution >= 0.6 is 0 Å². The van der Waals surface area contributed by atoms with Crippen molar-refractivity contribution in [1.29, 1.82) is 0 Å². The van der Waals surface area contributed by atoms with Gasteiger partial charge in [-0.05, 0) is 19.1 Å². The summed E-state index contributed by atoms with van der Waals surface area (Å²) in [5, 5.41) is 5.64. The summed E-state index contributed by atoms with van der Waals surface area (Å²) in [6.45, 7) is 5.09. The van der Waals surface area contributed by atoms with Gasteiger partial charge in [0.25, 0.3) is 0 Å². The van der Waals surface area contributed by atoms with E-state index in [2.05, 4.69) is 39.4 Å². The molecule has 3 heterocycles. The summed E-state index contributed by atoms with van der Waals surface area (Å²) in [5.74, 6) is 0.715. The molecule has 1 aliphatic heterocycles. The number of anilines is 1. The molecule has 1 radical (unpaired) electrons. The number of hydrogen-bond acceptors (Lipinski definition) is 5. The predicted molar refractivity (Wildman–Crippen MR) is 88.3 cm³/mol. The van der Waals surface area contributed by atoms with Gasteiger partial charge in [-0.3, -0.25) is 4.68 Å². The van der Waals surface area contributed by atoms with Crippen LogP contribution in [-0.2, 0) is 11.8 Å². The quantitative estimate of drug-likeness (QED) is 0.724. The van der Waals surface area contributed by atoms with Gasteiger partial charge in [-0.15, -0.1) is 0 Å². The fourth-order valence-electron chi connectivity index (χ4n) is 2.97. The molecule has 0 aliphatic carbocycles. The highest BCUT2D eigenvalue weighted by atomic mass is 16.5. The number of benzene rings is 1. The Kier molecular flexibility index (Phi) is 3.46. The number of aromatic nitrogens is 4. The highest BCUT2D eigenvalue weighted by Crippen LogP contribution is 2.25. The second kappa shape index (κ2) is 5.62. The van der Waals surface area contributed by atoms with Crippen molar-refractivity contribution in [2.45, 2.75) is 6.92 Å². The van der Waals surface area contributed by atoms with E-state index in [4.69, 9.17) is 9.72 Å². The molecule has 6 heteroatoms. The molecule has 1 aromatic carbocycles. The minimum atomic E-state index is 0.715. The maximum absolute atomic E-state index is 5.38. The van der Waals surface area contributed by atoms with Gasteiger partial charge in [0.05, 0.1) is 36.3 Å². The third-order valence-corrected chi connectivity index (χ3v) is 4.21. The van der Waals surface area contributed by atoms with Gasteiger partial charge in [0.2, 0.25) is 5.95 Å². The summed E-state index contributed by atoms with van der Waals surface area (Å²) in [6.07, 6.45) is 2.98. The molecule has 23 heavy (non-hydrogen) atoms. The summed E-state index contributed by atoms with van der Waals surface area (Å²) in [5.41, 5.74) is 4.07. The largest absolute Gasteiger partial charge is 0.378 e. The number of morpholine rings is 1. The van der Waals surface area contributed by atoms with Crippen LogP contribution in [0.25, 0.3) is 22.2 Å². The molecule has 0 atom stereocenters. The normalized spacial score (nSPS) is 15.3. The van der Waals surface area contributed by atoms with Gasteiger partial charge in [0.1, 0.15) is 0 Å². The number of nitrogens with zero attached hydrogens (tertiary/aromatic N) is 5. The summed E-state index contributed by atoms with van der Waals surface area (Å²) in [7, 11) is 1.96. The van der Waals surface area contributed by atoms with Crippen LogP contribution in [0.2, 0.25) is 0 Å². The van der Waals surface area contributed by atoms with Gasteiger partial charge in [-0.2, -0.15) is 5.10 Å². The molecule has 0 amide bonds. The van der Waals surface area contributed by atoms with Crippen LogP contribution in [-0.4, -0.2) is 46.1 Å². The lowest BCUT2D eigenvalue weighted by Crippen LogP contribution is -2.37. The van der Waals surface area contributed by atoms with Gasteiger partial charge in [-0.1, -0.05) is 12.1 Å². The van der Waals surface area contributed by atoms with Crippen molar-refractivity contribution in [2.75, 3.05) is 31.2 Å². The minimum absolute atomic E-state index is 0.715. The van der Waals surface area contributed by atoms with Crippen molar-refractivity contribution in [1.82, 2.24) is 19.7 Å². The smallest absolute Gasteiger partial charge is 0.226 e. The molecule has 1 saturated heterocycles. The lowest BCUT2D eigenvalue weighted by Gasteiger charge is -2.26. The first-order valence-electron chi connectivity index (χ1n) is 7.74. The molecule has 1 aliphatic rings. The van der Waals surface area contributed by atoms with Crippen molar-refractivity contribution in [2.24, 2.45) is 7.05 Å². The number of fused-ring (bicyclic) bond motifs is 1. The Labute approximate surface area is 134 Å². The highest BCUT2D eigenvalue weighted by Gasteiger charge is 2.15. The zero-order valence-corrected chi connectivity index (χ0v) is 13.3. The molecule has 0 spiro atoms. The summed E-state index contributed by atoms with van der Waals surface area (Å²) in [4.78, 5) is 11.1. The van der Waals surface area contributed by atoms with Crippen LogP contribution in [0.15, 0.2) is 24.3 Å². The first-order chi connectivity index (χ1) is 11.2. The van der Waals surface area contributed by atoms with E-state index >= 15 is 0 Å². The zero-order chi connectivity index (χ0) is 15.8. The maximum atomic E-state index is 5.38. The number of ether oxygens (including phenoxy) is 1. The van der Waals surface area contributed by atoms with E-state index in [9.17, 15) is 0 Å². The van der Waals surface area contributed by atoms with Crippen molar-refractivity contribution in [3.8, 4) is 11.3 Å². The molecule has 4 rings (SSSR count). The molecule has 3 aromatic rings. The fourth-order valence-corrected chi connectivity index (χ4v) is 2.97. The van der Waals surface area contributed by atoms with Gasteiger partial charge < -0.3 is 9.64 Å². The maximum Gasteiger partial charge on any atom is 0.226 e. The van der Waals surface area contributed by atoms with Crippen molar-refractivity contribution in [3.05, 3.63) is 36.2 Å². The molecule has 0 unspecified atom stereocenters. The van der Waals surface area contributed by atoms with Crippen molar-refractivity contribution >= 4 is 16.9 Å². The first kappa shape index (κ1) is 14.1. The molecule has 2 aromatic heterocycles. The average molecular weight is 308 g/mol. The number of aryl methyl sites for hydroxylation is 2. The van der Waals surface area contributed by atoms with E-state index in [-0.39, 0.29) is 0 Å². The standard InChI is InChI=1S/C17H18N5O/c1-12-14-4-3-13(11-16(14)21(2)20-12)15-5-6-18-17(19-15)22-7-9-23-10-8-22/h3-5,11H,7-10H2,1-2H3. The van der Waals surface area contributed by atoms with E-state index in [1.807, 2.05) is 24.7 Å². The zero-order valence-electron chi connectivity index (χ0n) is 13.3. The van der Waals surface area contributed by atoms with Crippen LogP contribution in [0.5, 0.6) is 0 Å². The van der Waals surface area contributed by atoms with Crippen molar-refractivity contribution in [3.63, 3.8) is 0 Å². The first-order valence-corrected chi connectivity index (χ1v) is 7.74. The Bertz CT molecular complexity index is 851. The van der Waals surface area contributed by atoms with Crippen molar-refractivity contribution < 1.29 is 4.74 Å². The third kappa shape index (κ3) is 2.55. The fraction of sp³-hybridized carbons (Fsp3) is 0.353. The van der Waals surface area contributed by atoms with Gasteiger partial charge in [0, 0.05) is 31.1 Å².